The predicted octanol–water partition coefficient (Wildman–Crippen LogP) is 3.11. The lowest BCUT2D eigenvalue weighted by atomic mass is 9.91. The van der Waals surface area contributed by atoms with Crippen LogP contribution in [-0.2, 0) is 12.8 Å². The van der Waals surface area contributed by atoms with Crippen LogP contribution < -0.4 is 5.32 Å². The molecule has 0 radical (unpaired) electrons. The first kappa shape index (κ1) is 13.3. The monoisotopic (exact) mass is 289 g/mol. The van der Waals surface area contributed by atoms with Crippen LogP contribution in [0.4, 0.5) is 0 Å². The molecule has 20 heavy (non-hydrogen) atoms. The summed E-state index contributed by atoms with van der Waals surface area (Å²) in [4.78, 5) is 0. The second-order valence-corrected chi connectivity index (χ2v) is 5.34. The van der Waals surface area contributed by atoms with Gasteiger partial charge in [-0.15, -0.1) is 0 Å². The standard InChI is InChI=1S/C16H16ClNO2/c17-14-12-7-9-18-8-6-11(12)13(15(19)16(14)20)10-4-2-1-3-5-10/h1-5,18-20H,6-9H2. The average Bonchev–Trinajstić information content (AvgIpc) is 2.72. The third kappa shape index (κ3) is 2.13. The third-order valence-corrected chi connectivity index (χ3v) is 4.17. The fraction of sp³-hybridized carbons (Fsp3) is 0.250. The zero-order valence-corrected chi connectivity index (χ0v) is 11.7. The van der Waals surface area contributed by atoms with E-state index in [1.165, 1.54) is 0 Å². The molecule has 0 aromatic heterocycles. The molecule has 0 unspecified atom stereocenters. The summed E-state index contributed by atoms with van der Waals surface area (Å²) in [5.74, 6) is -0.340. The molecule has 104 valence electrons. The predicted molar refractivity (Wildman–Crippen MR) is 80.5 cm³/mol. The highest BCUT2D eigenvalue weighted by molar-refractivity contribution is 6.33. The van der Waals surface area contributed by atoms with Crippen molar-refractivity contribution in [2.24, 2.45) is 0 Å². The SMILES string of the molecule is Oc1c(O)c(-c2ccccc2)c2c(c1Cl)CCNCC2. The Hall–Kier alpha value is -1.71. The van der Waals surface area contributed by atoms with E-state index < -0.39 is 0 Å². The van der Waals surface area contributed by atoms with Crippen molar-refractivity contribution in [1.82, 2.24) is 5.32 Å². The normalized spacial score (nSPS) is 14.7. The van der Waals surface area contributed by atoms with Gasteiger partial charge in [-0.25, -0.2) is 0 Å². The number of hydrogen-bond acceptors (Lipinski definition) is 3. The Bertz CT molecular complexity index is 641. The van der Waals surface area contributed by atoms with Gasteiger partial charge in [0, 0.05) is 5.56 Å². The molecule has 2 aromatic carbocycles. The maximum atomic E-state index is 10.3. The Labute approximate surface area is 122 Å². The first-order chi connectivity index (χ1) is 9.70. The molecule has 0 bridgehead atoms. The van der Waals surface area contributed by atoms with Crippen molar-refractivity contribution in [2.45, 2.75) is 12.8 Å². The van der Waals surface area contributed by atoms with E-state index in [1.807, 2.05) is 30.3 Å². The van der Waals surface area contributed by atoms with Gasteiger partial charge in [-0.2, -0.15) is 0 Å². The first-order valence-corrected chi connectivity index (χ1v) is 7.09. The third-order valence-electron chi connectivity index (χ3n) is 3.77. The van der Waals surface area contributed by atoms with Crippen LogP contribution in [0.25, 0.3) is 11.1 Å². The largest absolute Gasteiger partial charge is 0.504 e. The first-order valence-electron chi connectivity index (χ1n) is 6.71. The molecule has 0 spiro atoms. The summed E-state index contributed by atoms with van der Waals surface area (Å²) >= 11 is 6.21. The molecule has 4 heteroatoms. The highest BCUT2D eigenvalue weighted by Gasteiger charge is 2.24. The van der Waals surface area contributed by atoms with E-state index in [0.29, 0.717) is 5.56 Å². The molecule has 0 saturated carbocycles. The number of phenolic OH excluding ortho intramolecular Hbond substituents is 2. The van der Waals surface area contributed by atoms with Gasteiger partial charge in [0.05, 0.1) is 5.02 Å². The number of fused-ring (bicyclic) bond motifs is 1. The summed E-state index contributed by atoms with van der Waals surface area (Å²) in [5.41, 5.74) is 3.56. The van der Waals surface area contributed by atoms with Crippen molar-refractivity contribution >= 4 is 11.6 Å². The van der Waals surface area contributed by atoms with Crippen LogP contribution >= 0.6 is 11.6 Å². The van der Waals surface area contributed by atoms with Crippen molar-refractivity contribution in [2.75, 3.05) is 13.1 Å². The van der Waals surface area contributed by atoms with E-state index in [0.717, 1.165) is 42.6 Å². The summed E-state index contributed by atoms with van der Waals surface area (Å²) in [6.45, 7) is 1.67. The smallest absolute Gasteiger partial charge is 0.177 e. The minimum Gasteiger partial charge on any atom is -0.504 e. The minimum atomic E-state index is -0.217. The van der Waals surface area contributed by atoms with Crippen molar-refractivity contribution < 1.29 is 10.2 Å². The van der Waals surface area contributed by atoms with Crippen molar-refractivity contribution in [1.29, 1.82) is 0 Å². The molecular formula is C16H16ClNO2. The summed E-state index contributed by atoms with van der Waals surface area (Å²) in [6, 6.07) is 9.63. The maximum absolute atomic E-state index is 10.3. The van der Waals surface area contributed by atoms with E-state index in [9.17, 15) is 10.2 Å². The fourth-order valence-corrected chi connectivity index (χ4v) is 3.09. The molecule has 1 aliphatic rings. The Balaban J connectivity index is 2.31. The molecule has 1 heterocycles. The molecule has 0 aliphatic carbocycles. The number of aromatic hydroxyl groups is 2. The number of halogens is 1. The van der Waals surface area contributed by atoms with Crippen LogP contribution in [0, 0.1) is 0 Å². The number of rotatable bonds is 1. The molecule has 3 rings (SSSR count). The van der Waals surface area contributed by atoms with Crippen LogP contribution in [0.15, 0.2) is 30.3 Å². The quantitative estimate of drug-likeness (QED) is 0.707. The Morgan fingerprint density at radius 2 is 1.55 bits per heavy atom. The number of phenols is 2. The van der Waals surface area contributed by atoms with E-state index >= 15 is 0 Å². The average molecular weight is 290 g/mol. The van der Waals surface area contributed by atoms with Gasteiger partial charge >= 0.3 is 0 Å². The minimum absolute atomic E-state index is 0.123. The summed E-state index contributed by atoms with van der Waals surface area (Å²) in [7, 11) is 0. The lowest BCUT2D eigenvalue weighted by Crippen LogP contribution is -2.16. The van der Waals surface area contributed by atoms with Crippen LogP contribution in [0.3, 0.4) is 0 Å². The van der Waals surface area contributed by atoms with Gasteiger partial charge in [-0.1, -0.05) is 41.9 Å². The Morgan fingerprint density at radius 1 is 0.900 bits per heavy atom. The van der Waals surface area contributed by atoms with E-state index in [-0.39, 0.29) is 16.5 Å². The molecule has 0 atom stereocenters. The highest BCUT2D eigenvalue weighted by Crippen LogP contribution is 2.47. The van der Waals surface area contributed by atoms with Crippen LogP contribution in [0.2, 0.25) is 5.02 Å². The fourth-order valence-electron chi connectivity index (χ4n) is 2.80. The van der Waals surface area contributed by atoms with Crippen LogP contribution in [0.1, 0.15) is 11.1 Å². The summed E-state index contributed by atoms with van der Waals surface area (Å²) < 4.78 is 0. The topological polar surface area (TPSA) is 52.5 Å². The van der Waals surface area contributed by atoms with Gasteiger partial charge in [0.1, 0.15) is 0 Å². The maximum Gasteiger partial charge on any atom is 0.177 e. The van der Waals surface area contributed by atoms with E-state index in [2.05, 4.69) is 5.32 Å². The molecule has 0 amide bonds. The van der Waals surface area contributed by atoms with Crippen molar-refractivity contribution in [3.63, 3.8) is 0 Å². The number of hydrogen-bond donors (Lipinski definition) is 3. The summed E-state index contributed by atoms with van der Waals surface area (Å²) in [6.07, 6.45) is 1.54. The van der Waals surface area contributed by atoms with Gasteiger partial charge in [0.15, 0.2) is 11.5 Å². The molecule has 0 saturated heterocycles. The lowest BCUT2D eigenvalue weighted by Gasteiger charge is -2.17. The van der Waals surface area contributed by atoms with Crippen LogP contribution in [0.5, 0.6) is 11.5 Å². The Morgan fingerprint density at radius 3 is 2.25 bits per heavy atom. The Kier molecular flexibility index (Phi) is 3.55. The van der Waals surface area contributed by atoms with Gasteiger partial charge in [-0.3, -0.25) is 0 Å². The van der Waals surface area contributed by atoms with Crippen molar-refractivity contribution in [3.05, 3.63) is 46.5 Å². The van der Waals surface area contributed by atoms with Gasteiger partial charge in [0.25, 0.3) is 0 Å². The van der Waals surface area contributed by atoms with Gasteiger partial charge in [0.2, 0.25) is 0 Å². The van der Waals surface area contributed by atoms with Crippen LogP contribution in [-0.4, -0.2) is 23.3 Å². The molecule has 3 nitrogen and oxygen atoms in total. The van der Waals surface area contributed by atoms with Gasteiger partial charge in [-0.05, 0) is 42.6 Å². The van der Waals surface area contributed by atoms with Crippen molar-refractivity contribution in [3.8, 4) is 22.6 Å². The zero-order valence-electron chi connectivity index (χ0n) is 11.0. The second kappa shape index (κ2) is 5.35. The second-order valence-electron chi connectivity index (χ2n) is 4.96. The van der Waals surface area contributed by atoms with E-state index in [1.54, 1.807) is 0 Å². The lowest BCUT2D eigenvalue weighted by molar-refractivity contribution is 0.404. The molecule has 0 fully saturated rings. The molecule has 1 aliphatic heterocycles. The highest BCUT2D eigenvalue weighted by atomic mass is 35.5. The van der Waals surface area contributed by atoms with Gasteiger partial charge < -0.3 is 15.5 Å². The molecule has 3 N–H and O–H groups in total. The van der Waals surface area contributed by atoms with E-state index in [4.69, 9.17) is 11.6 Å². The summed E-state index contributed by atoms with van der Waals surface area (Å²) in [5, 5.41) is 24.0. The molecule has 2 aromatic rings. The zero-order chi connectivity index (χ0) is 14.1. The number of benzene rings is 2. The number of nitrogens with one attached hydrogen (secondary N) is 1. The molecular weight excluding hydrogens is 274 g/mol.